The first kappa shape index (κ1) is 30.5. The second-order valence-corrected chi connectivity index (χ2v) is 16.0. The molecule has 0 fully saturated rings. The van der Waals surface area contributed by atoms with E-state index in [2.05, 4.69) is 188 Å². The summed E-state index contributed by atoms with van der Waals surface area (Å²) in [5, 5.41) is 20.6. The Morgan fingerprint density at radius 3 is 1.53 bits per heavy atom. The summed E-state index contributed by atoms with van der Waals surface area (Å²) >= 11 is 0. The first-order valence-electron chi connectivity index (χ1n) is 20.2. The molecule has 13 aromatic rings. The summed E-state index contributed by atoms with van der Waals surface area (Å²) in [6, 6.07) is 74.8. The van der Waals surface area contributed by atoms with Crippen LogP contribution in [0.1, 0.15) is 0 Å². The van der Waals surface area contributed by atoms with Crippen LogP contribution in [0.15, 0.2) is 182 Å². The number of hydrogen-bond acceptors (Lipinski definition) is 0. The van der Waals surface area contributed by atoms with Crippen LogP contribution in [0.25, 0.3) is 142 Å². The molecule has 13 aromatic carbocycles. The minimum atomic E-state index is 1.14. The van der Waals surface area contributed by atoms with Gasteiger partial charge >= 0.3 is 0 Å². The number of benzene rings is 10. The Balaban J connectivity index is 1.20. The molecule has 0 heterocycles. The maximum atomic E-state index is 3.53. The first-order valence-corrected chi connectivity index (χ1v) is 20.2. The molecule has 58 heavy (non-hydrogen) atoms. The van der Waals surface area contributed by atoms with Crippen molar-refractivity contribution in [2.24, 2.45) is 0 Å². The second-order valence-electron chi connectivity index (χ2n) is 16.0. The van der Waals surface area contributed by atoms with Crippen molar-refractivity contribution >= 4 is 86.2 Å². The monoisotopic (exact) mass is 726 g/mol. The van der Waals surface area contributed by atoms with Crippen molar-refractivity contribution < 1.29 is 0 Å². The summed E-state index contributed by atoms with van der Waals surface area (Å²) in [5.74, 6) is 0. The standard InChI is InChI=1S/C58H30/c1-3-14-33(15-4-1)51-50-32-49-38-21-10-9-20-37(38)42-24-12-26-46(55(42)49)56(50)52(34-16-5-2-6-17-34)58-47-27-13-25-44-40(29-31-48(54(44)47)57(51)58)39-28-30-45-36-19-8-7-18-35(36)41-22-11-23-43(39)53(41)45/h1-9,11-20,22-32H. The molecule has 0 N–H and O–H groups in total. The van der Waals surface area contributed by atoms with E-state index in [4.69, 9.17) is 0 Å². The molecule has 262 valence electrons. The van der Waals surface area contributed by atoms with Gasteiger partial charge in [-0.2, -0.15) is 0 Å². The number of rotatable bonds is 3. The van der Waals surface area contributed by atoms with Crippen LogP contribution >= 0.6 is 0 Å². The lowest BCUT2D eigenvalue weighted by Gasteiger charge is -2.19. The van der Waals surface area contributed by atoms with Gasteiger partial charge in [-0.15, -0.1) is 0 Å². The second kappa shape index (κ2) is 11.0. The van der Waals surface area contributed by atoms with Gasteiger partial charge in [0.2, 0.25) is 0 Å². The van der Waals surface area contributed by atoms with E-state index in [9.17, 15) is 0 Å². The van der Waals surface area contributed by atoms with Crippen LogP contribution in [0.5, 0.6) is 0 Å². The first-order chi connectivity index (χ1) is 28.8. The molecule has 1 aliphatic rings. The smallest absolute Gasteiger partial charge is 0.0406 e. The predicted octanol–water partition coefficient (Wildman–Crippen LogP) is 16.0. The number of hydrogen-bond donors (Lipinski definition) is 0. The highest BCUT2D eigenvalue weighted by Gasteiger charge is 2.28. The van der Waals surface area contributed by atoms with Gasteiger partial charge in [-0.25, -0.2) is 0 Å². The average Bonchev–Trinajstić information content (AvgIpc) is 3.92. The van der Waals surface area contributed by atoms with Crippen LogP contribution in [0.4, 0.5) is 0 Å². The van der Waals surface area contributed by atoms with E-state index in [1.165, 1.54) is 136 Å². The molecular formula is C58H30. The summed E-state index contributed by atoms with van der Waals surface area (Å²) in [5.41, 5.74) is 12.9. The Morgan fingerprint density at radius 1 is 0.259 bits per heavy atom. The Labute approximate surface area is 334 Å². The Bertz CT molecular complexity index is 3840. The maximum Gasteiger partial charge on any atom is 0.0406 e. The molecule has 0 aromatic heterocycles. The summed E-state index contributed by atoms with van der Waals surface area (Å²) in [6.45, 7) is 0. The Morgan fingerprint density at radius 2 is 0.776 bits per heavy atom. The summed E-state index contributed by atoms with van der Waals surface area (Å²) in [4.78, 5) is 0. The molecule has 14 rings (SSSR count). The molecule has 0 aliphatic heterocycles. The van der Waals surface area contributed by atoms with Crippen LogP contribution < -0.4 is 0 Å². The minimum absolute atomic E-state index is 1.14. The van der Waals surface area contributed by atoms with Gasteiger partial charge < -0.3 is 0 Å². The zero-order chi connectivity index (χ0) is 37.6. The van der Waals surface area contributed by atoms with Crippen LogP contribution in [-0.4, -0.2) is 0 Å². The zero-order valence-electron chi connectivity index (χ0n) is 31.3. The zero-order valence-corrected chi connectivity index (χ0v) is 31.3. The van der Waals surface area contributed by atoms with Gasteiger partial charge in [0.25, 0.3) is 0 Å². The van der Waals surface area contributed by atoms with E-state index < -0.39 is 0 Å². The van der Waals surface area contributed by atoms with Gasteiger partial charge in [0.1, 0.15) is 0 Å². The third-order valence-corrected chi connectivity index (χ3v) is 13.3. The summed E-state index contributed by atoms with van der Waals surface area (Å²) < 4.78 is 0. The van der Waals surface area contributed by atoms with Crippen LogP contribution in [0.2, 0.25) is 0 Å². The largest absolute Gasteiger partial charge is 0.0695 e. The van der Waals surface area contributed by atoms with Crippen molar-refractivity contribution in [2.45, 2.75) is 0 Å². The average molecular weight is 727 g/mol. The molecule has 0 nitrogen and oxygen atoms in total. The predicted molar refractivity (Wildman–Crippen MR) is 247 cm³/mol. The lowest BCUT2D eigenvalue weighted by Crippen LogP contribution is -1.91. The van der Waals surface area contributed by atoms with Crippen molar-refractivity contribution in [2.75, 3.05) is 0 Å². The number of fused-ring (bicyclic) bond motifs is 11. The van der Waals surface area contributed by atoms with Gasteiger partial charge in [-0.3, -0.25) is 0 Å². The van der Waals surface area contributed by atoms with Crippen LogP contribution in [0, 0.1) is 12.1 Å². The maximum absolute atomic E-state index is 3.53. The lowest BCUT2D eigenvalue weighted by atomic mass is 9.84. The van der Waals surface area contributed by atoms with Gasteiger partial charge in [0.15, 0.2) is 0 Å². The quantitative estimate of drug-likeness (QED) is 0.159. The minimum Gasteiger partial charge on any atom is -0.0695 e. The Hall–Kier alpha value is -7.72. The van der Waals surface area contributed by atoms with Gasteiger partial charge in [0.05, 0.1) is 0 Å². The summed E-state index contributed by atoms with van der Waals surface area (Å²) in [7, 11) is 0. The molecule has 0 saturated carbocycles. The summed E-state index contributed by atoms with van der Waals surface area (Å²) in [6.07, 6.45) is 0. The fraction of sp³-hybridized carbons (Fsp3) is 0. The van der Waals surface area contributed by atoms with Gasteiger partial charge in [-0.1, -0.05) is 176 Å². The molecule has 0 heteroatoms. The van der Waals surface area contributed by atoms with E-state index in [1.807, 2.05) is 6.07 Å². The fourth-order valence-electron chi connectivity index (χ4n) is 11.1. The van der Waals surface area contributed by atoms with Crippen molar-refractivity contribution in [1.82, 2.24) is 0 Å². The van der Waals surface area contributed by atoms with Crippen molar-refractivity contribution in [3.05, 3.63) is 194 Å². The molecule has 1 aliphatic carbocycles. The molecule has 0 unspecified atom stereocenters. The molecule has 0 saturated heterocycles. The SMILES string of the molecule is c1ccc2c(c#1)c1cc3c(-c4ccccc4)c4c5ccc(-c6ccc7c8c(cccc68)-c6ccccc6-7)c6cccc(c4c(-c4ccccc4)c3c3cccc2c13)c65. The van der Waals surface area contributed by atoms with E-state index in [0.717, 1.165) is 5.39 Å². The molecule has 0 radical (unpaired) electrons. The third kappa shape index (κ3) is 3.72. The molecule has 0 spiro atoms. The normalized spacial score (nSPS) is 12.3. The third-order valence-electron chi connectivity index (χ3n) is 13.3. The van der Waals surface area contributed by atoms with Crippen LogP contribution in [-0.2, 0) is 0 Å². The van der Waals surface area contributed by atoms with Crippen molar-refractivity contribution in [3.8, 4) is 55.6 Å². The van der Waals surface area contributed by atoms with E-state index in [-0.39, 0.29) is 0 Å². The highest BCUT2D eigenvalue weighted by molar-refractivity contribution is 6.45. The molecular weight excluding hydrogens is 697 g/mol. The van der Waals surface area contributed by atoms with Gasteiger partial charge in [0, 0.05) is 5.39 Å². The molecule has 0 atom stereocenters. The van der Waals surface area contributed by atoms with E-state index >= 15 is 0 Å². The van der Waals surface area contributed by atoms with E-state index in [1.54, 1.807) is 0 Å². The van der Waals surface area contributed by atoms with Crippen LogP contribution in [0.3, 0.4) is 0 Å². The molecule has 0 amide bonds. The van der Waals surface area contributed by atoms with Gasteiger partial charge in [-0.05, 0) is 155 Å². The highest BCUT2D eigenvalue weighted by atomic mass is 14.3. The van der Waals surface area contributed by atoms with Crippen molar-refractivity contribution in [1.29, 1.82) is 0 Å². The Kier molecular flexibility index (Phi) is 5.77. The lowest BCUT2D eigenvalue weighted by molar-refractivity contribution is 1.68. The topological polar surface area (TPSA) is 0 Å². The molecule has 0 bridgehead atoms. The van der Waals surface area contributed by atoms with E-state index in [0.29, 0.717) is 0 Å². The fourth-order valence-corrected chi connectivity index (χ4v) is 11.1. The van der Waals surface area contributed by atoms with Crippen molar-refractivity contribution in [3.63, 3.8) is 0 Å². The highest BCUT2D eigenvalue weighted by Crippen LogP contribution is 2.56.